The predicted octanol–water partition coefficient (Wildman–Crippen LogP) is 1.65. The minimum atomic E-state index is -0.873. The molecule has 2 N–H and O–H groups in total. The summed E-state index contributed by atoms with van der Waals surface area (Å²) in [6.07, 6.45) is 2.16. The van der Waals surface area contributed by atoms with Crippen LogP contribution in [0.2, 0.25) is 0 Å². The first-order chi connectivity index (χ1) is 8.27. The van der Waals surface area contributed by atoms with E-state index in [1.807, 2.05) is 12.1 Å². The van der Waals surface area contributed by atoms with Gasteiger partial charge in [-0.1, -0.05) is 18.2 Å². The maximum absolute atomic E-state index is 11.0. The number of carboxylic acid groups (broad SMARTS) is 1. The number of nitrogens with one attached hydrogen (secondary N) is 1. The van der Waals surface area contributed by atoms with E-state index in [0.717, 1.165) is 31.6 Å². The molecular weight excluding hydrogens is 218 g/mol. The molecule has 1 aliphatic heterocycles. The number of carbonyl (C=O) groups is 1. The molecule has 0 bridgehead atoms. The van der Waals surface area contributed by atoms with Crippen molar-refractivity contribution in [2.24, 2.45) is 0 Å². The lowest BCUT2D eigenvalue weighted by Crippen LogP contribution is -2.36. The first kappa shape index (κ1) is 12.1. The molecule has 1 aliphatic rings. The summed E-state index contributed by atoms with van der Waals surface area (Å²) in [7, 11) is 0. The van der Waals surface area contributed by atoms with Gasteiger partial charge in [-0.2, -0.15) is 0 Å². The second-order valence-corrected chi connectivity index (χ2v) is 4.26. The Kier molecular flexibility index (Phi) is 4.12. The zero-order chi connectivity index (χ0) is 12.1. The molecule has 0 spiro atoms. The zero-order valence-corrected chi connectivity index (χ0v) is 9.69. The molecule has 1 heterocycles. The molecule has 0 aromatic heterocycles. The molecule has 0 amide bonds. The SMILES string of the molecule is O=C(O)c1ccccc1CNC1CCCOC1. The van der Waals surface area contributed by atoms with Crippen molar-refractivity contribution in [3.05, 3.63) is 35.4 Å². The predicted molar refractivity (Wildman–Crippen MR) is 64.1 cm³/mol. The van der Waals surface area contributed by atoms with Crippen molar-refractivity contribution in [1.82, 2.24) is 5.32 Å². The standard InChI is InChI=1S/C13H17NO3/c15-13(16)12-6-2-1-4-10(12)8-14-11-5-3-7-17-9-11/h1-2,4,6,11,14H,3,5,7-9H2,(H,15,16). The Balaban J connectivity index is 1.96. The summed E-state index contributed by atoms with van der Waals surface area (Å²) in [5.74, 6) is -0.873. The molecule has 0 aliphatic carbocycles. The van der Waals surface area contributed by atoms with Crippen molar-refractivity contribution in [2.45, 2.75) is 25.4 Å². The number of benzene rings is 1. The normalized spacial score (nSPS) is 20.1. The number of ether oxygens (including phenoxy) is 1. The van der Waals surface area contributed by atoms with Crippen LogP contribution in [0.5, 0.6) is 0 Å². The number of rotatable bonds is 4. The second-order valence-electron chi connectivity index (χ2n) is 4.26. The van der Waals surface area contributed by atoms with Crippen LogP contribution in [0.4, 0.5) is 0 Å². The Bertz CT molecular complexity index is 386. The third-order valence-corrected chi connectivity index (χ3v) is 2.99. The van der Waals surface area contributed by atoms with E-state index in [1.54, 1.807) is 12.1 Å². The van der Waals surface area contributed by atoms with Crippen LogP contribution in [0, 0.1) is 0 Å². The van der Waals surface area contributed by atoms with Gasteiger partial charge in [0.15, 0.2) is 0 Å². The lowest BCUT2D eigenvalue weighted by atomic mass is 10.1. The Hall–Kier alpha value is -1.39. The van der Waals surface area contributed by atoms with E-state index < -0.39 is 5.97 Å². The molecule has 2 rings (SSSR count). The van der Waals surface area contributed by atoms with Gasteiger partial charge in [0.25, 0.3) is 0 Å². The molecule has 92 valence electrons. The maximum Gasteiger partial charge on any atom is 0.336 e. The van der Waals surface area contributed by atoms with E-state index in [9.17, 15) is 4.79 Å². The molecular formula is C13H17NO3. The number of hydrogen-bond acceptors (Lipinski definition) is 3. The van der Waals surface area contributed by atoms with E-state index >= 15 is 0 Å². The Morgan fingerprint density at radius 1 is 1.47 bits per heavy atom. The molecule has 4 heteroatoms. The average molecular weight is 235 g/mol. The van der Waals surface area contributed by atoms with Crippen molar-refractivity contribution >= 4 is 5.97 Å². The highest BCUT2D eigenvalue weighted by atomic mass is 16.5. The van der Waals surface area contributed by atoms with Gasteiger partial charge in [0.05, 0.1) is 12.2 Å². The Morgan fingerprint density at radius 2 is 2.29 bits per heavy atom. The second kappa shape index (κ2) is 5.80. The molecule has 1 fully saturated rings. The van der Waals surface area contributed by atoms with Gasteiger partial charge in [-0.15, -0.1) is 0 Å². The first-order valence-electron chi connectivity index (χ1n) is 5.89. The summed E-state index contributed by atoms with van der Waals surface area (Å²) in [5, 5.41) is 12.4. The zero-order valence-electron chi connectivity index (χ0n) is 9.69. The third kappa shape index (κ3) is 3.28. The van der Waals surface area contributed by atoms with Crippen molar-refractivity contribution in [3.63, 3.8) is 0 Å². The van der Waals surface area contributed by atoms with Gasteiger partial charge < -0.3 is 15.2 Å². The molecule has 0 radical (unpaired) electrons. The van der Waals surface area contributed by atoms with Crippen molar-refractivity contribution in [2.75, 3.05) is 13.2 Å². The smallest absolute Gasteiger partial charge is 0.336 e. The van der Waals surface area contributed by atoms with Crippen LogP contribution in [-0.4, -0.2) is 30.3 Å². The van der Waals surface area contributed by atoms with Gasteiger partial charge in [-0.3, -0.25) is 0 Å². The molecule has 1 aromatic rings. The van der Waals surface area contributed by atoms with Gasteiger partial charge >= 0.3 is 5.97 Å². The van der Waals surface area contributed by atoms with E-state index in [-0.39, 0.29) is 0 Å². The molecule has 4 nitrogen and oxygen atoms in total. The van der Waals surface area contributed by atoms with Crippen LogP contribution in [-0.2, 0) is 11.3 Å². The molecule has 1 saturated heterocycles. The lowest BCUT2D eigenvalue weighted by molar-refractivity contribution is 0.0685. The minimum absolute atomic E-state index is 0.339. The summed E-state index contributed by atoms with van der Waals surface area (Å²) >= 11 is 0. The van der Waals surface area contributed by atoms with Crippen molar-refractivity contribution < 1.29 is 14.6 Å². The highest BCUT2D eigenvalue weighted by Gasteiger charge is 2.14. The summed E-state index contributed by atoms with van der Waals surface area (Å²) < 4.78 is 5.37. The Morgan fingerprint density at radius 3 is 3.00 bits per heavy atom. The first-order valence-corrected chi connectivity index (χ1v) is 5.89. The highest BCUT2D eigenvalue weighted by molar-refractivity contribution is 5.89. The number of aromatic carboxylic acids is 1. The fourth-order valence-electron chi connectivity index (χ4n) is 2.04. The molecule has 1 atom stereocenters. The van der Waals surface area contributed by atoms with Gasteiger partial charge in [0.1, 0.15) is 0 Å². The summed E-state index contributed by atoms with van der Waals surface area (Å²) in [6.45, 7) is 2.13. The monoisotopic (exact) mass is 235 g/mol. The summed E-state index contributed by atoms with van der Waals surface area (Å²) in [5.41, 5.74) is 1.20. The highest BCUT2D eigenvalue weighted by Crippen LogP contribution is 2.11. The van der Waals surface area contributed by atoms with Crippen LogP contribution in [0.1, 0.15) is 28.8 Å². The van der Waals surface area contributed by atoms with Gasteiger partial charge in [-0.25, -0.2) is 4.79 Å². The van der Waals surface area contributed by atoms with Crippen LogP contribution in [0.25, 0.3) is 0 Å². The van der Waals surface area contributed by atoms with E-state index in [1.165, 1.54) is 0 Å². The fraction of sp³-hybridized carbons (Fsp3) is 0.462. The van der Waals surface area contributed by atoms with Gasteiger partial charge in [-0.05, 0) is 24.5 Å². The maximum atomic E-state index is 11.0. The summed E-state index contributed by atoms with van der Waals surface area (Å²) in [6, 6.07) is 7.43. The van der Waals surface area contributed by atoms with Gasteiger partial charge in [0, 0.05) is 19.2 Å². The molecule has 1 unspecified atom stereocenters. The van der Waals surface area contributed by atoms with E-state index in [0.29, 0.717) is 18.2 Å². The van der Waals surface area contributed by atoms with Crippen LogP contribution >= 0.6 is 0 Å². The van der Waals surface area contributed by atoms with Crippen molar-refractivity contribution in [3.8, 4) is 0 Å². The van der Waals surface area contributed by atoms with E-state index in [2.05, 4.69) is 5.32 Å². The van der Waals surface area contributed by atoms with Gasteiger partial charge in [0.2, 0.25) is 0 Å². The van der Waals surface area contributed by atoms with Crippen molar-refractivity contribution in [1.29, 1.82) is 0 Å². The molecule has 0 saturated carbocycles. The number of hydrogen-bond donors (Lipinski definition) is 2. The topological polar surface area (TPSA) is 58.6 Å². The minimum Gasteiger partial charge on any atom is -0.478 e. The number of carboxylic acids is 1. The quantitative estimate of drug-likeness (QED) is 0.833. The van der Waals surface area contributed by atoms with Crippen LogP contribution in [0.3, 0.4) is 0 Å². The van der Waals surface area contributed by atoms with Crippen LogP contribution < -0.4 is 5.32 Å². The lowest BCUT2D eigenvalue weighted by Gasteiger charge is -2.23. The largest absolute Gasteiger partial charge is 0.478 e. The Labute approximate surface area is 101 Å². The average Bonchev–Trinajstić information content (AvgIpc) is 2.38. The van der Waals surface area contributed by atoms with E-state index in [4.69, 9.17) is 9.84 Å². The fourth-order valence-corrected chi connectivity index (χ4v) is 2.04. The molecule has 1 aromatic carbocycles. The molecule has 17 heavy (non-hydrogen) atoms. The van der Waals surface area contributed by atoms with Crippen LogP contribution in [0.15, 0.2) is 24.3 Å². The summed E-state index contributed by atoms with van der Waals surface area (Å²) in [4.78, 5) is 11.0. The third-order valence-electron chi connectivity index (χ3n) is 2.99.